The minimum absolute atomic E-state index is 0.177. The van der Waals surface area contributed by atoms with Crippen molar-refractivity contribution < 1.29 is 14.3 Å². The SMILES string of the molecule is COc1ccccc1CNC(=O)c1cncnc1CC1CCN(C(=O)C2CC23CCC3)CC1. The van der Waals surface area contributed by atoms with Gasteiger partial charge in [0.25, 0.3) is 5.91 Å². The fourth-order valence-corrected chi connectivity index (χ4v) is 5.56. The number of para-hydroxylation sites is 1. The Balaban J connectivity index is 1.16. The maximum Gasteiger partial charge on any atom is 0.254 e. The van der Waals surface area contributed by atoms with Gasteiger partial charge in [0.2, 0.25) is 5.91 Å². The Labute approximate surface area is 194 Å². The molecular formula is C26H32N4O3. The highest BCUT2D eigenvalue weighted by atomic mass is 16.5. The second kappa shape index (κ2) is 9.12. The predicted molar refractivity (Wildman–Crippen MR) is 124 cm³/mol. The first-order valence-corrected chi connectivity index (χ1v) is 12.1. The van der Waals surface area contributed by atoms with Crippen molar-refractivity contribution in [3.05, 3.63) is 53.6 Å². The van der Waals surface area contributed by atoms with Crippen molar-refractivity contribution in [3.8, 4) is 5.75 Å². The van der Waals surface area contributed by atoms with Gasteiger partial charge in [0.05, 0.1) is 18.4 Å². The van der Waals surface area contributed by atoms with E-state index < -0.39 is 0 Å². The highest BCUT2D eigenvalue weighted by Crippen LogP contribution is 2.66. The fraction of sp³-hybridized carbons (Fsp3) is 0.538. The molecule has 0 bridgehead atoms. The Morgan fingerprint density at radius 2 is 2.00 bits per heavy atom. The first-order valence-electron chi connectivity index (χ1n) is 12.1. The lowest BCUT2D eigenvalue weighted by Gasteiger charge is -2.34. The molecule has 1 N–H and O–H groups in total. The standard InChI is InChI=1S/C26H32N4O3/c1-33-23-6-3-2-5-19(23)15-28-24(31)20-16-27-17-29-22(20)13-18-7-11-30(12-8-18)25(32)21-14-26(21)9-4-10-26/h2-3,5-6,16-18,21H,4,7-15H2,1H3,(H,28,31). The molecule has 1 unspecified atom stereocenters. The zero-order valence-electron chi connectivity index (χ0n) is 19.3. The molecule has 33 heavy (non-hydrogen) atoms. The van der Waals surface area contributed by atoms with E-state index in [1.807, 2.05) is 24.3 Å². The van der Waals surface area contributed by atoms with E-state index in [0.717, 1.165) is 55.8 Å². The van der Waals surface area contributed by atoms with Gasteiger partial charge < -0.3 is 15.0 Å². The first kappa shape index (κ1) is 21.9. The van der Waals surface area contributed by atoms with E-state index in [4.69, 9.17) is 4.74 Å². The second-order valence-corrected chi connectivity index (χ2v) is 9.82. The molecule has 1 aromatic heterocycles. The first-order chi connectivity index (χ1) is 16.1. The Morgan fingerprint density at radius 1 is 1.21 bits per heavy atom. The highest BCUT2D eigenvalue weighted by molar-refractivity contribution is 5.94. The van der Waals surface area contributed by atoms with Crippen LogP contribution >= 0.6 is 0 Å². The fourth-order valence-electron chi connectivity index (χ4n) is 5.56. The van der Waals surface area contributed by atoms with E-state index in [1.165, 1.54) is 25.6 Å². The minimum Gasteiger partial charge on any atom is -0.496 e. The molecule has 2 amide bonds. The molecule has 2 aliphatic carbocycles. The summed E-state index contributed by atoms with van der Waals surface area (Å²) in [6.45, 7) is 2.01. The number of aromatic nitrogens is 2. The zero-order chi connectivity index (χ0) is 22.8. The maximum atomic E-state index is 12.9. The number of likely N-dealkylation sites (tertiary alicyclic amines) is 1. The third kappa shape index (κ3) is 4.45. The van der Waals surface area contributed by atoms with Gasteiger partial charge in [0.1, 0.15) is 12.1 Å². The molecule has 1 spiro atoms. The average Bonchev–Trinajstić information content (AvgIpc) is 3.60. The van der Waals surface area contributed by atoms with Crippen LogP contribution < -0.4 is 10.1 Å². The van der Waals surface area contributed by atoms with Crippen LogP contribution in [0.15, 0.2) is 36.8 Å². The number of carbonyl (C=O) groups is 2. The molecule has 2 saturated carbocycles. The average molecular weight is 449 g/mol. The molecule has 7 heteroatoms. The predicted octanol–water partition coefficient (Wildman–Crippen LogP) is 3.39. The summed E-state index contributed by atoms with van der Waals surface area (Å²) >= 11 is 0. The topological polar surface area (TPSA) is 84.4 Å². The molecule has 0 radical (unpaired) electrons. The summed E-state index contributed by atoms with van der Waals surface area (Å²) in [4.78, 5) is 36.4. The van der Waals surface area contributed by atoms with Crippen molar-refractivity contribution in [2.75, 3.05) is 20.2 Å². The van der Waals surface area contributed by atoms with Crippen molar-refractivity contribution in [3.63, 3.8) is 0 Å². The molecule has 5 rings (SSSR count). The molecule has 1 atom stereocenters. The summed E-state index contributed by atoms with van der Waals surface area (Å²) in [6.07, 6.45) is 10.6. The molecule has 2 heterocycles. The molecule has 1 aromatic carbocycles. The zero-order valence-corrected chi connectivity index (χ0v) is 19.3. The van der Waals surface area contributed by atoms with E-state index in [2.05, 4.69) is 20.2 Å². The molecule has 174 valence electrons. The Hall–Kier alpha value is -2.96. The Bertz CT molecular complexity index is 1030. The van der Waals surface area contributed by atoms with Crippen LogP contribution in [0.3, 0.4) is 0 Å². The molecule has 2 aromatic rings. The summed E-state index contributed by atoms with van der Waals surface area (Å²) in [5.41, 5.74) is 2.61. The van der Waals surface area contributed by atoms with E-state index in [9.17, 15) is 9.59 Å². The normalized spacial score (nSPS) is 21.4. The summed E-state index contributed by atoms with van der Waals surface area (Å²) in [7, 11) is 1.62. The van der Waals surface area contributed by atoms with E-state index in [-0.39, 0.29) is 5.91 Å². The minimum atomic E-state index is -0.177. The van der Waals surface area contributed by atoms with Crippen LogP contribution in [0.4, 0.5) is 0 Å². The molecule has 3 fully saturated rings. The Morgan fingerprint density at radius 3 is 2.70 bits per heavy atom. The highest BCUT2D eigenvalue weighted by Gasteiger charge is 2.61. The van der Waals surface area contributed by atoms with Crippen LogP contribution in [0.2, 0.25) is 0 Å². The van der Waals surface area contributed by atoms with E-state index in [0.29, 0.717) is 35.3 Å². The van der Waals surface area contributed by atoms with Gasteiger partial charge in [-0.25, -0.2) is 9.97 Å². The number of nitrogens with one attached hydrogen (secondary N) is 1. The van der Waals surface area contributed by atoms with Crippen LogP contribution in [0, 0.1) is 17.3 Å². The third-order valence-corrected chi connectivity index (χ3v) is 7.92. The van der Waals surface area contributed by atoms with Crippen LogP contribution in [-0.2, 0) is 17.8 Å². The van der Waals surface area contributed by atoms with Crippen LogP contribution in [0.1, 0.15) is 60.1 Å². The van der Waals surface area contributed by atoms with Gasteiger partial charge in [-0.3, -0.25) is 9.59 Å². The van der Waals surface area contributed by atoms with Crippen LogP contribution in [0.25, 0.3) is 0 Å². The van der Waals surface area contributed by atoms with E-state index >= 15 is 0 Å². The molecule has 7 nitrogen and oxygen atoms in total. The number of benzene rings is 1. The lowest BCUT2D eigenvalue weighted by Crippen LogP contribution is -2.41. The van der Waals surface area contributed by atoms with Crippen LogP contribution in [0.5, 0.6) is 5.75 Å². The Kier molecular flexibility index (Phi) is 6.04. The molecular weight excluding hydrogens is 416 g/mol. The van der Waals surface area contributed by atoms with Crippen molar-refractivity contribution in [2.45, 2.75) is 51.5 Å². The van der Waals surface area contributed by atoms with Crippen molar-refractivity contribution >= 4 is 11.8 Å². The number of hydrogen-bond acceptors (Lipinski definition) is 5. The van der Waals surface area contributed by atoms with Crippen molar-refractivity contribution in [1.82, 2.24) is 20.2 Å². The van der Waals surface area contributed by atoms with Gasteiger partial charge in [-0.1, -0.05) is 24.6 Å². The molecule has 1 aliphatic heterocycles. The third-order valence-electron chi connectivity index (χ3n) is 7.92. The number of piperidine rings is 1. The smallest absolute Gasteiger partial charge is 0.254 e. The summed E-state index contributed by atoms with van der Waals surface area (Å²) in [5, 5.41) is 2.98. The molecule has 3 aliphatic rings. The van der Waals surface area contributed by atoms with E-state index in [1.54, 1.807) is 13.3 Å². The van der Waals surface area contributed by atoms with Crippen molar-refractivity contribution in [2.24, 2.45) is 17.3 Å². The number of rotatable bonds is 7. The lowest BCUT2D eigenvalue weighted by molar-refractivity contribution is -0.135. The lowest BCUT2D eigenvalue weighted by atomic mass is 9.79. The summed E-state index contributed by atoms with van der Waals surface area (Å²) in [5.74, 6) is 1.66. The summed E-state index contributed by atoms with van der Waals surface area (Å²) < 4.78 is 5.37. The van der Waals surface area contributed by atoms with Crippen LogP contribution in [-0.4, -0.2) is 46.9 Å². The number of nitrogens with zero attached hydrogens (tertiary/aromatic N) is 3. The number of carbonyl (C=O) groups excluding carboxylic acids is 2. The largest absolute Gasteiger partial charge is 0.496 e. The monoisotopic (exact) mass is 448 g/mol. The quantitative estimate of drug-likeness (QED) is 0.702. The maximum absolute atomic E-state index is 12.9. The summed E-state index contributed by atoms with van der Waals surface area (Å²) in [6, 6.07) is 7.64. The van der Waals surface area contributed by atoms with Gasteiger partial charge in [-0.2, -0.15) is 0 Å². The number of methoxy groups -OCH3 is 1. The second-order valence-electron chi connectivity index (χ2n) is 9.82. The number of ether oxygens (including phenoxy) is 1. The van der Waals surface area contributed by atoms with Gasteiger partial charge in [0, 0.05) is 37.3 Å². The van der Waals surface area contributed by atoms with Gasteiger partial charge in [-0.05, 0) is 55.9 Å². The molecule has 1 saturated heterocycles. The van der Waals surface area contributed by atoms with Gasteiger partial charge in [-0.15, -0.1) is 0 Å². The van der Waals surface area contributed by atoms with Crippen molar-refractivity contribution in [1.29, 1.82) is 0 Å². The number of hydrogen-bond donors (Lipinski definition) is 1. The number of amides is 2. The van der Waals surface area contributed by atoms with Gasteiger partial charge >= 0.3 is 0 Å². The van der Waals surface area contributed by atoms with Gasteiger partial charge in [0.15, 0.2) is 0 Å².